The molecule has 7 nitrogen and oxygen atoms in total. The van der Waals surface area contributed by atoms with E-state index >= 15 is 0 Å². The van der Waals surface area contributed by atoms with Crippen LogP contribution >= 0.6 is 11.3 Å². The molecule has 2 heterocycles. The van der Waals surface area contributed by atoms with Crippen molar-refractivity contribution in [2.75, 3.05) is 13.2 Å². The molecule has 2 N–H and O–H groups in total. The zero-order valence-corrected chi connectivity index (χ0v) is 23.7. The van der Waals surface area contributed by atoms with Crippen molar-refractivity contribution in [2.24, 2.45) is 5.92 Å². The second kappa shape index (κ2) is 12.0. The standard InChI is InChI=1S/C31H37N3O4S/c1-4-25(35)13-29-32-20(3)30(39-29)31(37)33-19(2)23-9-7-21(8-10-23)15-34-16-24-11-12-26(38-18-22-5-6-22)14-27(24)28(36)17-34/h7-12,14,19,22,28,36H,4-6,13,15-18H2,1-3H3,(H,33,37)/t19-,28?/m0/s1. The van der Waals surface area contributed by atoms with E-state index in [0.717, 1.165) is 47.7 Å². The quantitative estimate of drug-likeness (QED) is 0.338. The second-order valence-electron chi connectivity index (χ2n) is 10.8. The number of nitrogens with zero attached hydrogens (tertiary/aromatic N) is 2. The fraction of sp³-hybridized carbons (Fsp3) is 0.452. The molecule has 2 aliphatic rings. The van der Waals surface area contributed by atoms with Crippen LogP contribution in [0.15, 0.2) is 42.5 Å². The number of β-amino-alcohol motifs (C(OH)–C–C–N with tert-alkyl or cyclic N) is 1. The van der Waals surface area contributed by atoms with Gasteiger partial charge in [-0.25, -0.2) is 4.98 Å². The van der Waals surface area contributed by atoms with Gasteiger partial charge in [0.15, 0.2) is 0 Å². The number of hydrogen-bond acceptors (Lipinski definition) is 7. The third-order valence-electron chi connectivity index (χ3n) is 7.51. The minimum absolute atomic E-state index is 0.121. The van der Waals surface area contributed by atoms with Gasteiger partial charge in [-0.05, 0) is 67.0 Å². The average Bonchev–Trinajstić information content (AvgIpc) is 3.68. The molecule has 1 aliphatic carbocycles. The van der Waals surface area contributed by atoms with Gasteiger partial charge in [-0.15, -0.1) is 11.3 Å². The van der Waals surface area contributed by atoms with Gasteiger partial charge in [0.1, 0.15) is 21.4 Å². The Morgan fingerprint density at radius 3 is 2.69 bits per heavy atom. The van der Waals surface area contributed by atoms with Gasteiger partial charge in [0.2, 0.25) is 0 Å². The number of Topliss-reactive ketones (excluding diaryl/α,β-unsaturated/α-hetero) is 1. The summed E-state index contributed by atoms with van der Waals surface area (Å²) in [6, 6.07) is 14.2. The summed E-state index contributed by atoms with van der Waals surface area (Å²) in [5.41, 5.74) is 4.94. The van der Waals surface area contributed by atoms with Crippen LogP contribution in [0, 0.1) is 12.8 Å². The Hall–Kier alpha value is -3.07. The van der Waals surface area contributed by atoms with Crippen molar-refractivity contribution < 1.29 is 19.4 Å². The maximum absolute atomic E-state index is 12.9. The molecule has 2 aromatic carbocycles. The highest BCUT2D eigenvalue weighted by molar-refractivity contribution is 7.13. The van der Waals surface area contributed by atoms with E-state index in [-0.39, 0.29) is 24.2 Å². The molecule has 1 unspecified atom stereocenters. The van der Waals surface area contributed by atoms with E-state index in [2.05, 4.69) is 33.4 Å². The maximum Gasteiger partial charge on any atom is 0.263 e. The number of fused-ring (bicyclic) bond motifs is 1. The molecule has 1 saturated carbocycles. The molecule has 8 heteroatoms. The summed E-state index contributed by atoms with van der Waals surface area (Å²) in [7, 11) is 0. The highest BCUT2D eigenvalue weighted by atomic mass is 32.1. The minimum atomic E-state index is -0.538. The Bertz CT molecular complexity index is 1330. The van der Waals surface area contributed by atoms with Gasteiger partial charge in [0.05, 0.1) is 30.9 Å². The Balaban J connectivity index is 1.16. The summed E-state index contributed by atoms with van der Waals surface area (Å²) in [4.78, 5) is 31.9. The van der Waals surface area contributed by atoms with Crippen LogP contribution in [0.25, 0.3) is 0 Å². The van der Waals surface area contributed by atoms with Crippen LogP contribution in [0.2, 0.25) is 0 Å². The number of amides is 1. The van der Waals surface area contributed by atoms with Crippen molar-refractivity contribution in [3.63, 3.8) is 0 Å². The summed E-state index contributed by atoms with van der Waals surface area (Å²) in [5, 5.41) is 14.6. The highest BCUT2D eigenvalue weighted by Gasteiger charge is 2.26. The number of aliphatic hydroxyl groups excluding tert-OH is 1. The number of hydrogen-bond donors (Lipinski definition) is 2. The monoisotopic (exact) mass is 547 g/mol. The first kappa shape index (κ1) is 27.5. The van der Waals surface area contributed by atoms with Crippen LogP contribution in [0.3, 0.4) is 0 Å². The van der Waals surface area contributed by atoms with E-state index in [9.17, 15) is 14.7 Å². The van der Waals surface area contributed by atoms with Gasteiger partial charge in [0.25, 0.3) is 5.91 Å². The number of carbonyl (C=O) groups excluding carboxylic acids is 2. The number of aryl methyl sites for hydroxylation is 1. The van der Waals surface area contributed by atoms with Gasteiger partial charge >= 0.3 is 0 Å². The molecule has 39 heavy (non-hydrogen) atoms. The summed E-state index contributed by atoms with van der Waals surface area (Å²) in [6.07, 6.45) is 2.72. The predicted molar refractivity (Wildman–Crippen MR) is 152 cm³/mol. The Kier molecular flexibility index (Phi) is 8.45. The lowest BCUT2D eigenvalue weighted by atomic mass is 9.96. The lowest BCUT2D eigenvalue weighted by Crippen LogP contribution is -2.33. The lowest BCUT2D eigenvalue weighted by molar-refractivity contribution is -0.118. The molecule has 1 aliphatic heterocycles. The molecule has 0 saturated heterocycles. The SMILES string of the molecule is CCC(=O)Cc1nc(C)c(C(=O)N[C@@H](C)c2ccc(CN3Cc4ccc(OCC5CC5)cc4C(O)C3)cc2)s1. The summed E-state index contributed by atoms with van der Waals surface area (Å²) < 4.78 is 5.91. The number of nitrogens with one attached hydrogen (secondary N) is 1. The van der Waals surface area contributed by atoms with Crippen molar-refractivity contribution in [1.29, 1.82) is 0 Å². The fourth-order valence-electron chi connectivity index (χ4n) is 4.93. The van der Waals surface area contributed by atoms with E-state index in [4.69, 9.17) is 4.74 Å². The molecule has 1 amide bonds. The number of carbonyl (C=O) groups is 2. The first-order valence-electron chi connectivity index (χ1n) is 13.8. The minimum Gasteiger partial charge on any atom is -0.493 e. The summed E-state index contributed by atoms with van der Waals surface area (Å²) >= 11 is 1.30. The van der Waals surface area contributed by atoms with Gasteiger partial charge < -0.3 is 15.2 Å². The summed E-state index contributed by atoms with van der Waals surface area (Å²) in [6.45, 7) is 8.47. The molecule has 3 aromatic rings. The van der Waals surface area contributed by atoms with E-state index in [1.54, 1.807) is 0 Å². The van der Waals surface area contributed by atoms with Gasteiger partial charge in [-0.1, -0.05) is 37.3 Å². The average molecular weight is 548 g/mol. The molecule has 0 radical (unpaired) electrons. The topological polar surface area (TPSA) is 91.8 Å². The van der Waals surface area contributed by atoms with Gasteiger partial charge in [0, 0.05) is 26.1 Å². The van der Waals surface area contributed by atoms with Crippen molar-refractivity contribution >= 4 is 23.0 Å². The molecular formula is C31H37N3O4S. The number of ketones is 1. The molecule has 2 atom stereocenters. The molecular weight excluding hydrogens is 510 g/mol. The van der Waals surface area contributed by atoms with E-state index in [0.29, 0.717) is 34.5 Å². The van der Waals surface area contributed by atoms with Crippen LogP contribution < -0.4 is 10.1 Å². The van der Waals surface area contributed by atoms with E-state index in [1.165, 1.54) is 24.2 Å². The van der Waals surface area contributed by atoms with Gasteiger partial charge in [-0.2, -0.15) is 0 Å². The number of aliphatic hydroxyl groups is 1. The van der Waals surface area contributed by atoms with E-state index < -0.39 is 6.10 Å². The van der Waals surface area contributed by atoms with Crippen LogP contribution in [-0.2, 0) is 24.3 Å². The zero-order valence-electron chi connectivity index (χ0n) is 22.9. The Morgan fingerprint density at radius 1 is 1.21 bits per heavy atom. The second-order valence-corrected chi connectivity index (χ2v) is 11.9. The number of rotatable bonds is 11. The normalized spacial score (nSPS) is 17.9. The van der Waals surface area contributed by atoms with Crippen molar-refractivity contribution in [2.45, 2.75) is 71.7 Å². The number of aromatic nitrogens is 1. The fourth-order valence-corrected chi connectivity index (χ4v) is 5.93. The maximum atomic E-state index is 12.9. The van der Waals surface area contributed by atoms with Gasteiger partial charge in [-0.3, -0.25) is 14.5 Å². The smallest absolute Gasteiger partial charge is 0.263 e. The molecule has 0 bridgehead atoms. The van der Waals surface area contributed by atoms with Crippen LogP contribution in [0.4, 0.5) is 0 Å². The third kappa shape index (κ3) is 6.93. The van der Waals surface area contributed by atoms with Crippen LogP contribution in [-0.4, -0.2) is 39.8 Å². The number of benzene rings is 2. The molecule has 206 valence electrons. The first-order valence-corrected chi connectivity index (χ1v) is 14.6. The molecule has 1 fully saturated rings. The molecule has 5 rings (SSSR count). The van der Waals surface area contributed by atoms with Crippen molar-refractivity contribution in [1.82, 2.24) is 15.2 Å². The van der Waals surface area contributed by atoms with E-state index in [1.807, 2.05) is 45.0 Å². The number of ether oxygens (including phenoxy) is 1. The number of thiazole rings is 1. The lowest BCUT2D eigenvalue weighted by Gasteiger charge is -2.32. The third-order valence-corrected chi connectivity index (χ3v) is 8.66. The summed E-state index contributed by atoms with van der Waals surface area (Å²) in [5.74, 6) is 1.50. The van der Waals surface area contributed by atoms with Crippen molar-refractivity contribution in [3.8, 4) is 5.75 Å². The van der Waals surface area contributed by atoms with Crippen molar-refractivity contribution in [3.05, 3.63) is 80.3 Å². The highest BCUT2D eigenvalue weighted by Crippen LogP contribution is 2.33. The largest absolute Gasteiger partial charge is 0.493 e. The predicted octanol–water partition coefficient (Wildman–Crippen LogP) is 5.30. The Labute approximate surface area is 234 Å². The molecule has 0 spiro atoms. The first-order chi connectivity index (χ1) is 18.8. The van der Waals surface area contributed by atoms with Crippen LogP contribution in [0.5, 0.6) is 5.75 Å². The zero-order chi connectivity index (χ0) is 27.5. The molecule has 1 aromatic heterocycles. The van der Waals surface area contributed by atoms with Crippen LogP contribution in [0.1, 0.15) is 87.9 Å². The Morgan fingerprint density at radius 2 is 1.97 bits per heavy atom.